The van der Waals surface area contributed by atoms with E-state index in [0.717, 1.165) is 12.1 Å². The van der Waals surface area contributed by atoms with Crippen molar-refractivity contribution in [1.29, 1.82) is 0 Å². The third-order valence-corrected chi connectivity index (χ3v) is 5.70. The number of nitrogens with one attached hydrogen (secondary N) is 2. The fourth-order valence-electron chi connectivity index (χ4n) is 2.76. The molecule has 33 heavy (non-hydrogen) atoms. The summed E-state index contributed by atoms with van der Waals surface area (Å²) in [4.78, 5) is 20.4. The lowest BCUT2D eigenvalue weighted by molar-refractivity contribution is -0.385. The van der Waals surface area contributed by atoms with Gasteiger partial charge in [0.25, 0.3) is 21.4 Å². The molecule has 0 aromatic heterocycles. The molecule has 13 heteroatoms. The minimum atomic E-state index is -4.31. The molecule has 2 N–H and O–H groups in total. The summed E-state index contributed by atoms with van der Waals surface area (Å²) >= 11 is 0. The average Bonchev–Trinajstić information content (AvgIpc) is 2.79. The third-order valence-electron chi connectivity index (χ3n) is 4.30. The van der Waals surface area contributed by atoms with Crippen molar-refractivity contribution in [2.75, 3.05) is 17.3 Å². The average molecular weight is 471 g/mol. The van der Waals surface area contributed by atoms with Gasteiger partial charge in [0.1, 0.15) is 10.6 Å². The van der Waals surface area contributed by atoms with Gasteiger partial charge in [-0.3, -0.25) is 30.4 Å². The fraction of sp³-hybridized carbons (Fsp3) is 0.0500. The molecular weight excluding hydrogens is 454 g/mol. The Balaban J connectivity index is 1.95. The van der Waals surface area contributed by atoms with E-state index in [-0.39, 0.29) is 22.8 Å². The number of nitro benzene ring substituents is 2. The van der Waals surface area contributed by atoms with E-state index in [1.165, 1.54) is 43.7 Å². The van der Waals surface area contributed by atoms with Crippen molar-refractivity contribution in [2.45, 2.75) is 4.90 Å². The number of rotatable bonds is 9. The lowest BCUT2D eigenvalue weighted by Gasteiger charge is -2.14. The molecule has 0 bridgehead atoms. The van der Waals surface area contributed by atoms with Crippen molar-refractivity contribution in [2.24, 2.45) is 5.10 Å². The molecule has 0 unspecified atom stereocenters. The number of benzene rings is 3. The highest BCUT2D eigenvalue weighted by Crippen LogP contribution is 2.31. The molecular formula is C20H17N5O7S. The van der Waals surface area contributed by atoms with Gasteiger partial charge >= 0.3 is 0 Å². The number of ether oxygens (including phenoxy) is 1. The first-order valence-electron chi connectivity index (χ1n) is 9.19. The monoisotopic (exact) mass is 471 g/mol. The van der Waals surface area contributed by atoms with Crippen LogP contribution in [0.1, 0.15) is 5.56 Å². The maximum absolute atomic E-state index is 13.1. The van der Waals surface area contributed by atoms with Crippen molar-refractivity contribution in [3.63, 3.8) is 0 Å². The van der Waals surface area contributed by atoms with Crippen LogP contribution in [0, 0.1) is 20.2 Å². The van der Waals surface area contributed by atoms with Crippen LogP contribution in [0.4, 0.5) is 22.7 Å². The molecule has 0 aliphatic carbocycles. The largest absolute Gasteiger partial charge is 0.495 e. The van der Waals surface area contributed by atoms with Crippen LogP contribution in [0.15, 0.2) is 76.7 Å². The maximum atomic E-state index is 13.1. The number of hydrogen-bond donors (Lipinski definition) is 2. The number of hydrogen-bond acceptors (Lipinski definition) is 9. The summed E-state index contributed by atoms with van der Waals surface area (Å²) in [5.74, 6) is 0.254. The highest BCUT2D eigenvalue weighted by molar-refractivity contribution is 7.93. The second kappa shape index (κ2) is 9.74. The molecule has 0 saturated heterocycles. The summed E-state index contributed by atoms with van der Waals surface area (Å²) in [5.41, 5.74) is 2.41. The van der Waals surface area contributed by atoms with E-state index in [1.54, 1.807) is 24.3 Å². The molecule has 0 aliphatic rings. The molecule has 0 atom stereocenters. The van der Waals surface area contributed by atoms with E-state index in [0.29, 0.717) is 5.56 Å². The highest BCUT2D eigenvalue weighted by atomic mass is 32.2. The van der Waals surface area contributed by atoms with Crippen molar-refractivity contribution in [3.05, 3.63) is 92.5 Å². The second-order valence-electron chi connectivity index (χ2n) is 6.47. The number of non-ortho nitro benzene ring substituents is 2. The van der Waals surface area contributed by atoms with Crippen LogP contribution in [-0.4, -0.2) is 31.6 Å². The first kappa shape index (κ1) is 23.1. The SMILES string of the molecule is COc1ccccc1NS(=O)(=O)c1cc([N+](=O)[O-])ccc1N/N=C/c1cccc([N+](=O)[O-])c1. The van der Waals surface area contributed by atoms with Gasteiger partial charge in [0.05, 0.1) is 34.5 Å². The van der Waals surface area contributed by atoms with E-state index >= 15 is 0 Å². The van der Waals surface area contributed by atoms with Crippen molar-refractivity contribution in [3.8, 4) is 5.75 Å². The van der Waals surface area contributed by atoms with Crippen LogP contribution in [-0.2, 0) is 10.0 Å². The van der Waals surface area contributed by atoms with Gasteiger partial charge in [0.15, 0.2) is 0 Å². The first-order chi connectivity index (χ1) is 15.7. The second-order valence-corrected chi connectivity index (χ2v) is 8.12. The molecule has 3 aromatic carbocycles. The predicted molar refractivity (Wildman–Crippen MR) is 121 cm³/mol. The van der Waals surface area contributed by atoms with Crippen molar-refractivity contribution < 1.29 is 23.0 Å². The van der Waals surface area contributed by atoms with Gasteiger partial charge in [-0.05, 0) is 18.2 Å². The summed E-state index contributed by atoms with van der Waals surface area (Å²) in [5, 5.41) is 26.0. The zero-order chi connectivity index (χ0) is 24.0. The van der Waals surface area contributed by atoms with E-state index in [2.05, 4.69) is 15.2 Å². The predicted octanol–water partition coefficient (Wildman–Crippen LogP) is 3.76. The molecule has 3 rings (SSSR count). The molecule has 0 fully saturated rings. The van der Waals surface area contributed by atoms with Crippen molar-refractivity contribution in [1.82, 2.24) is 0 Å². The summed E-state index contributed by atoms with van der Waals surface area (Å²) in [7, 11) is -2.93. The Bertz CT molecular complexity index is 1340. The van der Waals surface area contributed by atoms with Gasteiger partial charge in [-0.2, -0.15) is 5.10 Å². The lowest BCUT2D eigenvalue weighted by Crippen LogP contribution is -2.15. The first-order valence-corrected chi connectivity index (χ1v) is 10.7. The highest BCUT2D eigenvalue weighted by Gasteiger charge is 2.23. The molecule has 0 radical (unpaired) electrons. The van der Waals surface area contributed by atoms with E-state index < -0.39 is 30.5 Å². The van der Waals surface area contributed by atoms with E-state index in [1.807, 2.05) is 0 Å². The molecule has 170 valence electrons. The number of anilines is 2. The fourth-order valence-corrected chi connectivity index (χ4v) is 4.01. The smallest absolute Gasteiger partial charge is 0.270 e. The Hall–Kier alpha value is -4.52. The van der Waals surface area contributed by atoms with Gasteiger partial charge in [-0.25, -0.2) is 8.42 Å². The summed E-state index contributed by atoms with van der Waals surface area (Å²) < 4.78 is 33.6. The van der Waals surface area contributed by atoms with Gasteiger partial charge in [-0.1, -0.05) is 24.3 Å². The van der Waals surface area contributed by atoms with E-state index in [4.69, 9.17) is 4.74 Å². The normalized spacial score (nSPS) is 11.2. The number of sulfonamides is 1. The van der Waals surface area contributed by atoms with Gasteiger partial charge in [0, 0.05) is 29.8 Å². The van der Waals surface area contributed by atoms with E-state index in [9.17, 15) is 28.6 Å². The number of hydrazone groups is 1. The molecule has 0 saturated carbocycles. The van der Waals surface area contributed by atoms with Crippen LogP contribution in [0.25, 0.3) is 0 Å². The topological polar surface area (TPSA) is 166 Å². The Morgan fingerprint density at radius 2 is 1.61 bits per heavy atom. The Labute approximate surface area is 187 Å². The molecule has 12 nitrogen and oxygen atoms in total. The van der Waals surface area contributed by atoms with Gasteiger partial charge in [0.2, 0.25) is 0 Å². The number of nitrogens with zero attached hydrogens (tertiary/aromatic N) is 3. The minimum absolute atomic E-state index is 0.0512. The molecule has 0 spiro atoms. The minimum Gasteiger partial charge on any atom is -0.495 e. The number of para-hydroxylation sites is 2. The third kappa shape index (κ3) is 5.59. The Morgan fingerprint density at radius 1 is 0.909 bits per heavy atom. The standard InChI is InChI=1S/C20H17N5O7S/c1-32-19-8-3-2-7-17(19)23-33(30,31)20-12-16(25(28)29)9-10-18(20)22-21-13-14-5-4-6-15(11-14)24(26)27/h2-13,22-23H,1H3/b21-13+. The van der Waals surface area contributed by atoms with Crippen LogP contribution < -0.4 is 14.9 Å². The zero-order valence-corrected chi connectivity index (χ0v) is 17.9. The number of methoxy groups -OCH3 is 1. The number of nitro groups is 2. The van der Waals surface area contributed by atoms with Crippen LogP contribution in [0.2, 0.25) is 0 Å². The molecule has 0 heterocycles. The Kier molecular flexibility index (Phi) is 6.83. The quantitative estimate of drug-likeness (QED) is 0.270. The molecule has 0 aliphatic heterocycles. The zero-order valence-electron chi connectivity index (χ0n) is 17.0. The molecule has 0 amide bonds. The lowest BCUT2D eigenvalue weighted by atomic mass is 10.2. The summed E-state index contributed by atoms with van der Waals surface area (Å²) in [6.07, 6.45) is 1.25. The molecule has 3 aromatic rings. The van der Waals surface area contributed by atoms with Crippen LogP contribution >= 0.6 is 0 Å². The maximum Gasteiger partial charge on any atom is 0.270 e. The summed E-state index contributed by atoms with van der Waals surface area (Å²) in [6, 6.07) is 15.1. The summed E-state index contributed by atoms with van der Waals surface area (Å²) in [6.45, 7) is 0. The van der Waals surface area contributed by atoms with Crippen molar-refractivity contribution >= 4 is 39.0 Å². The van der Waals surface area contributed by atoms with Crippen LogP contribution in [0.3, 0.4) is 0 Å². The van der Waals surface area contributed by atoms with Gasteiger partial charge < -0.3 is 4.74 Å². The Morgan fingerprint density at radius 3 is 2.30 bits per heavy atom. The van der Waals surface area contributed by atoms with Crippen LogP contribution in [0.5, 0.6) is 5.75 Å². The van der Waals surface area contributed by atoms with Gasteiger partial charge in [-0.15, -0.1) is 0 Å².